The van der Waals surface area contributed by atoms with E-state index in [1.165, 1.54) is 4.57 Å². The van der Waals surface area contributed by atoms with Gasteiger partial charge in [0.05, 0.1) is 12.5 Å². The summed E-state index contributed by atoms with van der Waals surface area (Å²) in [6.45, 7) is 2.93. The Morgan fingerprint density at radius 2 is 1.96 bits per heavy atom. The summed E-state index contributed by atoms with van der Waals surface area (Å²) in [6.07, 6.45) is 1.56. The monoisotopic (exact) mass is 353 g/mol. The van der Waals surface area contributed by atoms with Crippen molar-refractivity contribution < 1.29 is 13.2 Å². The van der Waals surface area contributed by atoms with Gasteiger partial charge >= 0.3 is 6.18 Å². The van der Waals surface area contributed by atoms with E-state index in [9.17, 15) is 18.0 Å². The lowest BCUT2D eigenvalue weighted by atomic mass is 9.96. The molecule has 1 saturated heterocycles. The summed E-state index contributed by atoms with van der Waals surface area (Å²) >= 11 is 0. The Morgan fingerprint density at radius 3 is 2.56 bits per heavy atom. The highest BCUT2D eigenvalue weighted by molar-refractivity contribution is 5.05. The van der Waals surface area contributed by atoms with E-state index in [4.69, 9.17) is 0 Å². The predicted octanol–water partition coefficient (Wildman–Crippen LogP) is 1.96. The average molecular weight is 353 g/mol. The van der Waals surface area contributed by atoms with Crippen molar-refractivity contribution in [3.63, 3.8) is 0 Å². The fourth-order valence-corrected chi connectivity index (χ4v) is 2.99. The molecule has 2 aromatic rings. The molecule has 1 aliphatic heterocycles. The molecule has 1 aliphatic rings. The summed E-state index contributed by atoms with van der Waals surface area (Å²) in [4.78, 5) is 17.5. The number of piperidine rings is 1. The minimum atomic E-state index is -4.59. The number of rotatable bonds is 4. The lowest BCUT2D eigenvalue weighted by molar-refractivity contribution is -0.141. The SMILES string of the molecule is O=c1cc(C(F)(F)F)ncn1CC1CCN(Cc2ccnnc2)CC1. The molecule has 3 rings (SSSR count). The zero-order valence-corrected chi connectivity index (χ0v) is 13.5. The van der Waals surface area contributed by atoms with E-state index >= 15 is 0 Å². The Labute approximate surface area is 142 Å². The topological polar surface area (TPSA) is 63.9 Å². The lowest BCUT2D eigenvalue weighted by Gasteiger charge is -2.32. The molecule has 0 aliphatic carbocycles. The Kier molecular flexibility index (Phi) is 5.12. The van der Waals surface area contributed by atoms with E-state index in [1.54, 1.807) is 12.4 Å². The third-order valence-corrected chi connectivity index (χ3v) is 4.38. The molecule has 2 aromatic heterocycles. The van der Waals surface area contributed by atoms with Gasteiger partial charge in [0, 0.05) is 25.4 Å². The van der Waals surface area contributed by atoms with Crippen LogP contribution in [0.4, 0.5) is 13.2 Å². The molecule has 0 amide bonds. The van der Waals surface area contributed by atoms with Crippen molar-refractivity contribution in [3.8, 4) is 0 Å². The fourth-order valence-electron chi connectivity index (χ4n) is 2.99. The van der Waals surface area contributed by atoms with Gasteiger partial charge in [-0.05, 0) is 43.5 Å². The maximum absolute atomic E-state index is 12.6. The molecule has 0 saturated carbocycles. The van der Waals surface area contributed by atoms with Gasteiger partial charge in [-0.2, -0.15) is 23.4 Å². The van der Waals surface area contributed by atoms with Crippen molar-refractivity contribution in [1.82, 2.24) is 24.6 Å². The van der Waals surface area contributed by atoms with Crippen LogP contribution in [-0.2, 0) is 19.3 Å². The molecule has 25 heavy (non-hydrogen) atoms. The van der Waals surface area contributed by atoms with Gasteiger partial charge in [0.1, 0.15) is 0 Å². The Balaban J connectivity index is 1.55. The Morgan fingerprint density at radius 1 is 1.20 bits per heavy atom. The summed E-state index contributed by atoms with van der Waals surface area (Å²) in [5.41, 5.74) is -0.709. The summed E-state index contributed by atoms with van der Waals surface area (Å²) in [5, 5.41) is 7.60. The molecule has 9 heteroatoms. The molecular weight excluding hydrogens is 335 g/mol. The molecule has 0 N–H and O–H groups in total. The third kappa shape index (κ3) is 4.62. The molecule has 0 aromatic carbocycles. The van der Waals surface area contributed by atoms with E-state index in [0.29, 0.717) is 12.6 Å². The van der Waals surface area contributed by atoms with Crippen LogP contribution >= 0.6 is 0 Å². The van der Waals surface area contributed by atoms with Crippen LogP contribution < -0.4 is 5.56 Å². The minimum absolute atomic E-state index is 0.253. The van der Waals surface area contributed by atoms with Crippen LogP contribution in [0.15, 0.2) is 35.6 Å². The molecule has 0 spiro atoms. The first-order chi connectivity index (χ1) is 11.9. The second-order valence-electron chi connectivity index (χ2n) is 6.23. The largest absolute Gasteiger partial charge is 0.433 e. The van der Waals surface area contributed by atoms with Gasteiger partial charge in [-0.25, -0.2) is 4.98 Å². The molecule has 0 radical (unpaired) electrons. The average Bonchev–Trinajstić information content (AvgIpc) is 2.58. The van der Waals surface area contributed by atoms with Crippen LogP contribution in [0.25, 0.3) is 0 Å². The van der Waals surface area contributed by atoms with Crippen LogP contribution in [0.1, 0.15) is 24.1 Å². The molecular formula is C16H18F3N5O. The highest BCUT2D eigenvalue weighted by Gasteiger charge is 2.33. The Bertz CT molecular complexity index is 754. The number of nitrogens with zero attached hydrogens (tertiary/aromatic N) is 5. The summed E-state index contributed by atoms with van der Waals surface area (Å²) in [6, 6.07) is 2.48. The van der Waals surface area contributed by atoms with E-state index in [1.807, 2.05) is 6.07 Å². The molecule has 3 heterocycles. The summed E-state index contributed by atoms with van der Waals surface area (Å²) < 4.78 is 38.9. The summed E-state index contributed by atoms with van der Waals surface area (Å²) in [5.74, 6) is 0.253. The van der Waals surface area contributed by atoms with Crippen LogP contribution in [-0.4, -0.2) is 37.7 Å². The lowest BCUT2D eigenvalue weighted by Crippen LogP contribution is -2.36. The first kappa shape index (κ1) is 17.5. The quantitative estimate of drug-likeness (QED) is 0.841. The first-order valence-electron chi connectivity index (χ1n) is 8.03. The minimum Gasteiger partial charge on any atom is -0.299 e. The van der Waals surface area contributed by atoms with E-state index in [-0.39, 0.29) is 5.92 Å². The van der Waals surface area contributed by atoms with Gasteiger partial charge in [-0.15, -0.1) is 0 Å². The van der Waals surface area contributed by atoms with Crippen LogP contribution in [0, 0.1) is 5.92 Å². The van der Waals surface area contributed by atoms with Crippen molar-refractivity contribution in [2.75, 3.05) is 13.1 Å². The highest BCUT2D eigenvalue weighted by atomic mass is 19.4. The second kappa shape index (κ2) is 7.30. The van der Waals surface area contributed by atoms with E-state index < -0.39 is 17.4 Å². The van der Waals surface area contributed by atoms with Gasteiger partial charge in [-0.3, -0.25) is 14.3 Å². The fraction of sp³-hybridized carbons (Fsp3) is 0.500. The van der Waals surface area contributed by atoms with Gasteiger partial charge in [0.2, 0.25) is 0 Å². The number of hydrogen-bond acceptors (Lipinski definition) is 5. The number of alkyl halides is 3. The molecule has 6 nitrogen and oxygen atoms in total. The molecule has 0 unspecified atom stereocenters. The number of hydrogen-bond donors (Lipinski definition) is 0. The zero-order valence-electron chi connectivity index (χ0n) is 13.5. The maximum Gasteiger partial charge on any atom is 0.433 e. The highest BCUT2D eigenvalue weighted by Crippen LogP contribution is 2.26. The summed E-state index contributed by atoms with van der Waals surface area (Å²) in [7, 11) is 0. The number of halogens is 3. The second-order valence-corrected chi connectivity index (χ2v) is 6.23. The molecule has 0 bridgehead atoms. The van der Waals surface area contributed by atoms with Gasteiger partial charge in [0.25, 0.3) is 5.56 Å². The van der Waals surface area contributed by atoms with Crippen LogP contribution in [0.2, 0.25) is 0 Å². The smallest absolute Gasteiger partial charge is 0.299 e. The van der Waals surface area contributed by atoms with Crippen molar-refractivity contribution >= 4 is 0 Å². The predicted molar refractivity (Wildman–Crippen MR) is 83.5 cm³/mol. The van der Waals surface area contributed by atoms with Gasteiger partial charge in [-0.1, -0.05) is 0 Å². The van der Waals surface area contributed by atoms with Crippen molar-refractivity contribution in [2.24, 2.45) is 5.92 Å². The van der Waals surface area contributed by atoms with Gasteiger partial charge < -0.3 is 0 Å². The van der Waals surface area contributed by atoms with Crippen molar-refractivity contribution in [1.29, 1.82) is 0 Å². The number of likely N-dealkylation sites (tertiary alicyclic amines) is 1. The maximum atomic E-state index is 12.6. The van der Waals surface area contributed by atoms with E-state index in [0.717, 1.165) is 44.4 Å². The van der Waals surface area contributed by atoms with Crippen molar-refractivity contribution in [2.45, 2.75) is 32.1 Å². The normalized spacial score (nSPS) is 16.9. The van der Waals surface area contributed by atoms with Gasteiger partial charge in [0.15, 0.2) is 5.69 Å². The standard InChI is InChI=1S/C16H18F3N5O/c17-16(18,19)14-7-15(25)24(11-20-14)10-12-2-5-23(6-3-12)9-13-1-4-21-22-8-13/h1,4,7-8,11-12H,2-3,5-6,9-10H2. The number of aromatic nitrogens is 4. The van der Waals surface area contributed by atoms with Crippen LogP contribution in [0.5, 0.6) is 0 Å². The molecule has 0 atom stereocenters. The molecule has 134 valence electrons. The zero-order chi connectivity index (χ0) is 17.9. The molecule has 1 fully saturated rings. The van der Waals surface area contributed by atoms with E-state index in [2.05, 4.69) is 20.1 Å². The third-order valence-electron chi connectivity index (χ3n) is 4.38. The van der Waals surface area contributed by atoms with Crippen molar-refractivity contribution in [3.05, 3.63) is 52.5 Å². The van der Waals surface area contributed by atoms with Crippen LogP contribution in [0.3, 0.4) is 0 Å². The first-order valence-corrected chi connectivity index (χ1v) is 8.03. The Hall–Kier alpha value is -2.29.